The lowest BCUT2D eigenvalue weighted by molar-refractivity contribution is 0.0996. The molecule has 0 aliphatic carbocycles. The number of benzene rings is 1. The van der Waals surface area contributed by atoms with Gasteiger partial charge in [-0.05, 0) is 31.5 Å². The van der Waals surface area contributed by atoms with Crippen molar-refractivity contribution in [1.82, 2.24) is 20.2 Å². The lowest BCUT2D eigenvalue weighted by Crippen LogP contribution is -2.46. The Kier molecular flexibility index (Phi) is 6.51. The average molecular weight is 424 g/mol. The summed E-state index contributed by atoms with van der Waals surface area (Å²) in [6.07, 6.45) is 0.634. The predicted molar refractivity (Wildman–Crippen MR) is 106 cm³/mol. The first-order valence-electron chi connectivity index (χ1n) is 9.20. The number of aromatic nitrogens is 2. The van der Waals surface area contributed by atoms with Gasteiger partial charge < -0.3 is 25.7 Å². The van der Waals surface area contributed by atoms with E-state index in [0.29, 0.717) is 22.8 Å². The molecule has 2 amide bonds. The van der Waals surface area contributed by atoms with E-state index < -0.39 is 30.6 Å². The maximum absolute atomic E-state index is 13.4. The molecule has 1 unspecified atom stereocenters. The summed E-state index contributed by atoms with van der Waals surface area (Å²) >= 11 is 5.79. The number of aliphatic hydroxyl groups is 2. The number of carbonyl (C=O) groups excluding carboxylic acids is 1. The third-order valence-electron chi connectivity index (χ3n) is 4.52. The van der Waals surface area contributed by atoms with Crippen molar-refractivity contribution in [3.05, 3.63) is 52.1 Å². The Hall–Kier alpha value is -2.49. The number of hydrogen-bond donors (Lipinski definition) is 4. The van der Waals surface area contributed by atoms with Gasteiger partial charge in [0.05, 0.1) is 42.6 Å². The van der Waals surface area contributed by atoms with E-state index in [2.05, 4.69) is 20.6 Å². The number of anilines is 1. The summed E-state index contributed by atoms with van der Waals surface area (Å²) in [6, 6.07) is 2.84. The quantitative estimate of drug-likeness (QED) is 0.587. The SMILES string of the molecule is CC(C)Nc1ncc2c(n1)CN(C(=O)NC(CO)c1ccc(F)c(Cl)c1)C[C@H]2O. The van der Waals surface area contributed by atoms with E-state index in [1.165, 1.54) is 23.1 Å². The molecule has 0 saturated carbocycles. The minimum absolute atomic E-state index is 0.0570. The van der Waals surface area contributed by atoms with Gasteiger partial charge in [0.15, 0.2) is 0 Å². The fourth-order valence-electron chi connectivity index (χ4n) is 3.07. The van der Waals surface area contributed by atoms with Crippen molar-refractivity contribution in [3.8, 4) is 0 Å². The van der Waals surface area contributed by atoms with Crippen LogP contribution in [0.3, 0.4) is 0 Å². The molecule has 8 nitrogen and oxygen atoms in total. The summed E-state index contributed by atoms with van der Waals surface area (Å²) in [5.74, 6) is -0.165. The Labute approximate surface area is 172 Å². The molecule has 2 atom stereocenters. The molecule has 1 aromatic heterocycles. The van der Waals surface area contributed by atoms with Crippen molar-refractivity contribution in [2.45, 2.75) is 38.6 Å². The molecule has 0 saturated heterocycles. The highest BCUT2D eigenvalue weighted by Gasteiger charge is 2.30. The van der Waals surface area contributed by atoms with Crippen LogP contribution in [-0.4, -0.2) is 50.3 Å². The Balaban J connectivity index is 1.75. The zero-order valence-electron chi connectivity index (χ0n) is 16.1. The van der Waals surface area contributed by atoms with Gasteiger partial charge >= 0.3 is 6.03 Å². The van der Waals surface area contributed by atoms with Gasteiger partial charge in [-0.15, -0.1) is 0 Å². The van der Waals surface area contributed by atoms with E-state index in [-0.39, 0.29) is 24.2 Å². The zero-order valence-corrected chi connectivity index (χ0v) is 16.8. The second-order valence-corrected chi connectivity index (χ2v) is 7.56. The highest BCUT2D eigenvalue weighted by Crippen LogP contribution is 2.26. The third kappa shape index (κ3) is 4.92. The fourth-order valence-corrected chi connectivity index (χ4v) is 3.26. The summed E-state index contributed by atoms with van der Waals surface area (Å²) in [5.41, 5.74) is 1.59. The molecule has 2 heterocycles. The Bertz CT molecular complexity index is 898. The van der Waals surface area contributed by atoms with E-state index in [9.17, 15) is 19.4 Å². The first-order chi connectivity index (χ1) is 13.8. The molecule has 29 heavy (non-hydrogen) atoms. The zero-order chi connectivity index (χ0) is 21.1. The van der Waals surface area contributed by atoms with Crippen molar-refractivity contribution < 1.29 is 19.4 Å². The van der Waals surface area contributed by atoms with Crippen LogP contribution in [0.4, 0.5) is 15.1 Å². The fraction of sp³-hybridized carbons (Fsp3) is 0.421. The number of aliphatic hydroxyl groups excluding tert-OH is 2. The van der Waals surface area contributed by atoms with Crippen LogP contribution >= 0.6 is 11.6 Å². The number of carbonyl (C=O) groups is 1. The van der Waals surface area contributed by atoms with E-state index >= 15 is 0 Å². The molecule has 0 fully saturated rings. The Morgan fingerprint density at radius 2 is 2.21 bits per heavy atom. The lowest BCUT2D eigenvalue weighted by atomic mass is 10.0. The van der Waals surface area contributed by atoms with Crippen molar-refractivity contribution >= 4 is 23.6 Å². The van der Waals surface area contributed by atoms with Crippen molar-refractivity contribution in [2.24, 2.45) is 0 Å². The number of rotatable bonds is 5. The molecule has 0 spiro atoms. The van der Waals surface area contributed by atoms with Crippen molar-refractivity contribution in [3.63, 3.8) is 0 Å². The smallest absolute Gasteiger partial charge is 0.318 e. The van der Waals surface area contributed by atoms with Crippen LogP contribution in [-0.2, 0) is 6.54 Å². The summed E-state index contributed by atoms with van der Waals surface area (Å²) in [5, 5.41) is 25.7. The Morgan fingerprint density at radius 1 is 1.45 bits per heavy atom. The largest absolute Gasteiger partial charge is 0.394 e. The van der Waals surface area contributed by atoms with Crippen LogP contribution in [0.2, 0.25) is 5.02 Å². The molecule has 1 aliphatic heterocycles. The van der Waals surface area contributed by atoms with Crippen molar-refractivity contribution in [2.75, 3.05) is 18.5 Å². The first kappa shape index (κ1) is 21.2. The molecule has 1 aliphatic rings. The highest BCUT2D eigenvalue weighted by atomic mass is 35.5. The molecule has 4 N–H and O–H groups in total. The van der Waals surface area contributed by atoms with Crippen LogP contribution in [0.5, 0.6) is 0 Å². The summed E-state index contributed by atoms with van der Waals surface area (Å²) < 4.78 is 13.4. The average Bonchev–Trinajstić information content (AvgIpc) is 2.67. The lowest BCUT2D eigenvalue weighted by Gasteiger charge is -2.32. The van der Waals surface area contributed by atoms with Gasteiger partial charge in [-0.1, -0.05) is 17.7 Å². The number of nitrogens with zero attached hydrogens (tertiary/aromatic N) is 3. The number of halogens is 2. The normalized spacial score (nSPS) is 17.1. The topological polar surface area (TPSA) is 111 Å². The third-order valence-corrected chi connectivity index (χ3v) is 4.81. The molecule has 3 rings (SSSR count). The number of hydrogen-bond acceptors (Lipinski definition) is 6. The molecular formula is C19H23ClFN5O3. The van der Waals surface area contributed by atoms with E-state index in [1.54, 1.807) is 6.20 Å². The van der Waals surface area contributed by atoms with Gasteiger partial charge in [-0.3, -0.25) is 0 Å². The van der Waals surface area contributed by atoms with E-state index in [4.69, 9.17) is 11.6 Å². The molecule has 10 heteroatoms. The van der Waals surface area contributed by atoms with Gasteiger partial charge in [0.1, 0.15) is 5.82 Å². The molecular weight excluding hydrogens is 401 g/mol. The maximum Gasteiger partial charge on any atom is 0.318 e. The summed E-state index contributed by atoms with van der Waals surface area (Å²) in [6.45, 7) is 3.74. The minimum Gasteiger partial charge on any atom is -0.394 e. The monoisotopic (exact) mass is 423 g/mol. The van der Waals surface area contributed by atoms with E-state index in [0.717, 1.165) is 0 Å². The van der Waals surface area contributed by atoms with Gasteiger partial charge in [-0.25, -0.2) is 19.2 Å². The molecule has 156 valence electrons. The molecule has 1 aromatic carbocycles. The second-order valence-electron chi connectivity index (χ2n) is 7.15. The Morgan fingerprint density at radius 3 is 2.86 bits per heavy atom. The van der Waals surface area contributed by atoms with Crippen LogP contribution in [0.1, 0.15) is 42.8 Å². The van der Waals surface area contributed by atoms with Gasteiger partial charge in [0.25, 0.3) is 0 Å². The number of urea groups is 1. The molecule has 0 bridgehead atoms. The second kappa shape index (κ2) is 8.89. The standard InChI is InChI=1S/C19H23ClFN5O3/c1-10(2)23-18-22-6-12-15(24-18)7-26(8-17(12)28)19(29)25-16(9-27)11-3-4-14(21)13(20)5-11/h3-6,10,16-17,27-28H,7-9H2,1-2H3,(H,25,29)(H,22,23,24)/t16?,17-/m1/s1. The predicted octanol–water partition coefficient (Wildman–Crippen LogP) is 2.38. The summed E-state index contributed by atoms with van der Waals surface area (Å²) in [4.78, 5) is 22.7. The first-order valence-corrected chi connectivity index (χ1v) is 9.58. The highest BCUT2D eigenvalue weighted by molar-refractivity contribution is 6.30. The number of amides is 2. The van der Waals surface area contributed by atoms with Gasteiger partial charge in [-0.2, -0.15) is 0 Å². The molecule has 0 radical (unpaired) electrons. The maximum atomic E-state index is 13.4. The van der Waals surface area contributed by atoms with Crippen LogP contribution in [0.15, 0.2) is 24.4 Å². The van der Waals surface area contributed by atoms with Crippen LogP contribution in [0, 0.1) is 5.82 Å². The van der Waals surface area contributed by atoms with E-state index in [1.807, 2.05) is 13.8 Å². The summed E-state index contributed by atoms with van der Waals surface area (Å²) in [7, 11) is 0. The molecule has 2 aromatic rings. The number of fused-ring (bicyclic) bond motifs is 1. The van der Waals surface area contributed by atoms with Crippen LogP contribution < -0.4 is 10.6 Å². The minimum atomic E-state index is -0.926. The number of nitrogens with one attached hydrogen (secondary N) is 2. The van der Waals surface area contributed by atoms with Gasteiger partial charge in [0.2, 0.25) is 5.95 Å². The van der Waals surface area contributed by atoms with Crippen molar-refractivity contribution in [1.29, 1.82) is 0 Å². The number of β-amino-alcohol motifs (C(OH)–C–C–N with tert-alkyl or cyclic N) is 1. The van der Waals surface area contributed by atoms with Crippen LogP contribution in [0.25, 0.3) is 0 Å². The van der Waals surface area contributed by atoms with Gasteiger partial charge in [0, 0.05) is 17.8 Å².